The Bertz CT molecular complexity index is 3190. The molecule has 62 heavy (non-hydrogen) atoms. The highest BCUT2D eigenvalue weighted by molar-refractivity contribution is 6.11. The van der Waals surface area contributed by atoms with Gasteiger partial charge in [0, 0.05) is 33.4 Å². The zero-order valence-corrected chi connectivity index (χ0v) is 34.1. The van der Waals surface area contributed by atoms with Crippen molar-refractivity contribution >= 4 is 38.9 Å². The van der Waals surface area contributed by atoms with Gasteiger partial charge in [0.2, 0.25) is 0 Å². The minimum absolute atomic E-state index is 1.08. The van der Waals surface area contributed by atoms with Crippen molar-refractivity contribution in [1.82, 2.24) is 4.57 Å². The number of benzene rings is 10. The van der Waals surface area contributed by atoms with Crippen LogP contribution in [0.15, 0.2) is 255 Å². The predicted octanol–water partition coefficient (Wildman–Crippen LogP) is 16.6. The second kappa shape index (κ2) is 16.1. The number of anilines is 3. The van der Waals surface area contributed by atoms with Gasteiger partial charge in [0.05, 0.1) is 16.7 Å². The molecule has 0 bridgehead atoms. The van der Waals surface area contributed by atoms with Crippen LogP contribution in [0, 0.1) is 0 Å². The summed E-state index contributed by atoms with van der Waals surface area (Å²) in [6.45, 7) is 0. The Balaban J connectivity index is 1.08. The molecule has 1 aromatic heterocycles. The predicted molar refractivity (Wildman–Crippen MR) is 263 cm³/mol. The summed E-state index contributed by atoms with van der Waals surface area (Å²) in [5, 5.41) is 2.44. The second-order valence-corrected chi connectivity index (χ2v) is 15.7. The molecule has 0 atom stereocenters. The van der Waals surface area contributed by atoms with Crippen LogP contribution in [0.4, 0.5) is 17.1 Å². The lowest BCUT2D eigenvalue weighted by Crippen LogP contribution is -2.10. The molecule has 292 valence electrons. The van der Waals surface area contributed by atoms with Gasteiger partial charge in [-0.15, -0.1) is 0 Å². The first kappa shape index (κ1) is 36.8. The summed E-state index contributed by atoms with van der Waals surface area (Å²) in [5.41, 5.74) is 18.7. The van der Waals surface area contributed by atoms with Gasteiger partial charge in [-0.1, -0.05) is 206 Å². The molecular weight excluding hydrogens is 749 g/mol. The van der Waals surface area contributed by atoms with Crippen molar-refractivity contribution in [2.45, 2.75) is 0 Å². The Morgan fingerprint density at radius 2 is 0.597 bits per heavy atom. The van der Waals surface area contributed by atoms with Gasteiger partial charge < -0.3 is 9.47 Å². The van der Waals surface area contributed by atoms with Crippen LogP contribution in [0.1, 0.15) is 0 Å². The monoisotopic (exact) mass is 790 g/mol. The molecule has 0 aliphatic carbocycles. The first-order valence-corrected chi connectivity index (χ1v) is 21.3. The van der Waals surface area contributed by atoms with Crippen LogP contribution >= 0.6 is 0 Å². The molecule has 10 aromatic carbocycles. The third-order valence-electron chi connectivity index (χ3n) is 12.0. The molecule has 11 rings (SSSR count). The number of nitrogens with zero attached hydrogens (tertiary/aromatic N) is 2. The average Bonchev–Trinajstić information content (AvgIpc) is 3.69. The standard InChI is InChI=1S/C60H42N2/c1-4-18-43(19-5-1)51-24-10-12-26-53(51)46-32-36-48(37-33-46)61(49-38-34-47(35-39-49)54-27-13-11-25-52(54)44-20-6-2-7-21-44)50-40-41-57-56-29-15-17-31-59(56)62(60(57)42-50)58-30-16-14-28-55(58)45-22-8-3-9-23-45/h1-42H. The van der Waals surface area contributed by atoms with Crippen LogP contribution in [0.3, 0.4) is 0 Å². The molecule has 0 saturated heterocycles. The molecule has 0 N–H and O–H groups in total. The van der Waals surface area contributed by atoms with Gasteiger partial charge in [-0.05, 0) is 98.6 Å². The molecule has 0 spiro atoms. The van der Waals surface area contributed by atoms with E-state index in [0.717, 1.165) is 28.3 Å². The van der Waals surface area contributed by atoms with E-state index in [9.17, 15) is 0 Å². The lowest BCUT2D eigenvalue weighted by molar-refractivity contribution is 1.18. The van der Waals surface area contributed by atoms with E-state index in [-0.39, 0.29) is 0 Å². The molecule has 1 heterocycles. The van der Waals surface area contributed by atoms with E-state index in [1.165, 1.54) is 71.9 Å². The molecule has 0 amide bonds. The topological polar surface area (TPSA) is 8.17 Å². The third-order valence-corrected chi connectivity index (χ3v) is 12.0. The van der Waals surface area contributed by atoms with E-state index in [1.807, 2.05) is 0 Å². The van der Waals surface area contributed by atoms with Crippen molar-refractivity contribution in [1.29, 1.82) is 0 Å². The van der Waals surface area contributed by atoms with Crippen LogP contribution in [0.5, 0.6) is 0 Å². The van der Waals surface area contributed by atoms with Crippen LogP contribution < -0.4 is 4.90 Å². The van der Waals surface area contributed by atoms with Crippen molar-refractivity contribution in [2.75, 3.05) is 4.90 Å². The molecule has 0 fully saturated rings. The summed E-state index contributed by atoms with van der Waals surface area (Å²) in [6.07, 6.45) is 0. The Morgan fingerprint density at radius 3 is 1.10 bits per heavy atom. The number of hydrogen-bond donors (Lipinski definition) is 0. The number of para-hydroxylation sites is 2. The Morgan fingerprint density at radius 1 is 0.242 bits per heavy atom. The van der Waals surface area contributed by atoms with Gasteiger partial charge in [-0.2, -0.15) is 0 Å². The first-order valence-electron chi connectivity index (χ1n) is 21.3. The van der Waals surface area contributed by atoms with Crippen LogP contribution in [-0.4, -0.2) is 4.57 Å². The molecule has 0 unspecified atom stereocenters. The fourth-order valence-corrected chi connectivity index (χ4v) is 9.12. The molecular formula is C60H42N2. The zero-order valence-electron chi connectivity index (χ0n) is 34.1. The second-order valence-electron chi connectivity index (χ2n) is 15.7. The first-order chi connectivity index (χ1) is 30.8. The number of aromatic nitrogens is 1. The van der Waals surface area contributed by atoms with Crippen LogP contribution in [0.25, 0.3) is 83.1 Å². The SMILES string of the molecule is c1ccc(-c2ccccc2-c2ccc(N(c3ccc(-c4ccccc4-c4ccccc4)cc3)c3ccc4c5ccccc5n(-c5ccccc5-c5ccccc5)c4c3)cc2)cc1. The van der Waals surface area contributed by atoms with Gasteiger partial charge in [-0.3, -0.25) is 0 Å². The van der Waals surface area contributed by atoms with Crippen molar-refractivity contribution in [3.05, 3.63) is 255 Å². The maximum atomic E-state index is 2.45. The smallest absolute Gasteiger partial charge is 0.0562 e. The summed E-state index contributed by atoms with van der Waals surface area (Å²) in [4.78, 5) is 2.39. The fraction of sp³-hybridized carbons (Fsp3) is 0. The molecule has 11 aromatic rings. The van der Waals surface area contributed by atoms with E-state index >= 15 is 0 Å². The normalized spacial score (nSPS) is 11.2. The van der Waals surface area contributed by atoms with Crippen LogP contribution in [0.2, 0.25) is 0 Å². The third kappa shape index (κ3) is 6.74. The quantitative estimate of drug-likeness (QED) is 0.141. The highest BCUT2D eigenvalue weighted by atomic mass is 15.1. The maximum Gasteiger partial charge on any atom is 0.0562 e. The zero-order chi connectivity index (χ0) is 41.2. The Kier molecular flexibility index (Phi) is 9.57. The van der Waals surface area contributed by atoms with Gasteiger partial charge in [-0.25, -0.2) is 0 Å². The largest absolute Gasteiger partial charge is 0.310 e. The lowest BCUT2D eigenvalue weighted by Gasteiger charge is -2.26. The molecule has 0 radical (unpaired) electrons. The van der Waals surface area contributed by atoms with E-state index in [0.29, 0.717) is 0 Å². The van der Waals surface area contributed by atoms with Crippen molar-refractivity contribution in [2.24, 2.45) is 0 Å². The van der Waals surface area contributed by atoms with Gasteiger partial charge in [0.15, 0.2) is 0 Å². The highest BCUT2D eigenvalue weighted by Crippen LogP contribution is 2.43. The molecule has 0 aliphatic rings. The minimum Gasteiger partial charge on any atom is -0.310 e. The molecule has 0 saturated carbocycles. The summed E-state index contributed by atoms with van der Waals surface area (Å²) in [5.74, 6) is 0. The van der Waals surface area contributed by atoms with Gasteiger partial charge in [0.25, 0.3) is 0 Å². The maximum absolute atomic E-state index is 2.45. The van der Waals surface area contributed by atoms with E-state index in [2.05, 4.69) is 264 Å². The van der Waals surface area contributed by atoms with Crippen molar-refractivity contribution < 1.29 is 0 Å². The Labute approximate surface area is 362 Å². The highest BCUT2D eigenvalue weighted by Gasteiger charge is 2.20. The van der Waals surface area contributed by atoms with E-state index in [4.69, 9.17) is 0 Å². The summed E-state index contributed by atoms with van der Waals surface area (Å²) in [7, 11) is 0. The summed E-state index contributed by atoms with van der Waals surface area (Å²) >= 11 is 0. The van der Waals surface area contributed by atoms with Crippen molar-refractivity contribution in [3.8, 4) is 61.3 Å². The summed E-state index contributed by atoms with van der Waals surface area (Å²) in [6, 6.07) is 92.0. The summed E-state index contributed by atoms with van der Waals surface area (Å²) < 4.78 is 2.45. The molecule has 0 aliphatic heterocycles. The molecule has 2 heteroatoms. The van der Waals surface area contributed by atoms with Gasteiger partial charge >= 0.3 is 0 Å². The van der Waals surface area contributed by atoms with Crippen molar-refractivity contribution in [3.63, 3.8) is 0 Å². The Hall–Kier alpha value is -8.20. The number of fused-ring (bicyclic) bond motifs is 3. The number of hydrogen-bond acceptors (Lipinski definition) is 1. The lowest BCUT2D eigenvalue weighted by atomic mass is 9.94. The van der Waals surface area contributed by atoms with Gasteiger partial charge in [0.1, 0.15) is 0 Å². The van der Waals surface area contributed by atoms with E-state index < -0.39 is 0 Å². The molecule has 2 nitrogen and oxygen atoms in total. The van der Waals surface area contributed by atoms with Crippen LogP contribution in [-0.2, 0) is 0 Å². The minimum atomic E-state index is 1.08. The number of rotatable bonds is 9. The average molecular weight is 791 g/mol. The van der Waals surface area contributed by atoms with E-state index in [1.54, 1.807) is 0 Å². The fourth-order valence-electron chi connectivity index (χ4n) is 9.12.